The molecule has 0 radical (unpaired) electrons. The van der Waals surface area contributed by atoms with Crippen molar-refractivity contribution in [2.45, 2.75) is 129 Å². The van der Waals surface area contributed by atoms with Gasteiger partial charge in [0, 0.05) is 18.0 Å². The first-order chi connectivity index (χ1) is 18.7. The Bertz CT molecular complexity index is 939. The highest BCUT2D eigenvalue weighted by Gasteiger charge is 2.27. The fourth-order valence-electron chi connectivity index (χ4n) is 6.66. The average Bonchev–Trinajstić information content (AvgIpc) is 2.96. The summed E-state index contributed by atoms with van der Waals surface area (Å²) in [5, 5.41) is 0. The molecular formula is C34H50N2O2. The minimum atomic E-state index is -0.0741. The van der Waals surface area contributed by atoms with Crippen LogP contribution in [0.4, 0.5) is 0 Å². The van der Waals surface area contributed by atoms with Crippen LogP contribution in [0.5, 0.6) is 5.75 Å². The molecule has 2 aromatic rings. The zero-order valence-corrected chi connectivity index (χ0v) is 24.0. The number of aromatic nitrogens is 2. The first-order valence-electron chi connectivity index (χ1n) is 15.8. The van der Waals surface area contributed by atoms with Crippen molar-refractivity contribution in [1.82, 2.24) is 9.97 Å². The zero-order chi connectivity index (χ0) is 26.6. The molecule has 1 aromatic heterocycles. The van der Waals surface area contributed by atoms with Gasteiger partial charge in [-0.3, -0.25) is 4.79 Å². The lowest BCUT2D eigenvalue weighted by Crippen LogP contribution is -2.25. The van der Waals surface area contributed by atoms with E-state index >= 15 is 0 Å². The van der Waals surface area contributed by atoms with E-state index in [1.54, 1.807) is 0 Å². The van der Waals surface area contributed by atoms with Gasteiger partial charge in [-0.05, 0) is 98.9 Å². The van der Waals surface area contributed by atoms with E-state index in [1.165, 1.54) is 89.0 Å². The highest BCUT2D eigenvalue weighted by molar-refractivity contribution is 5.75. The molecular weight excluding hydrogens is 468 g/mol. The molecule has 4 nitrogen and oxygen atoms in total. The number of hydrogen-bond donors (Lipinski definition) is 0. The van der Waals surface area contributed by atoms with Crippen LogP contribution in [0.3, 0.4) is 0 Å². The van der Waals surface area contributed by atoms with Crippen molar-refractivity contribution in [2.24, 2.45) is 17.8 Å². The molecule has 2 saturated carbocycles. The number of nitrogens with zero attached hydrogens (tertiary/aromatic N) is 2. The molecule has 0 bridgehead atoms. The molecule has 0 aliphatic heterocycles. The largest absolute Gasteiger partial charge is 0.426 e. The highest BCUT2D eigenvalue weighted by atomic mass is 16.5. The van der Waals surface area contributed by atoms with E-state index in [2.05, 4.69) is 13.8 Å². The van der Waals surface area contributed by atoms with E-state index < -0.39 is 0 Å². The van der Waals surface area contributed by atoms with Gasteiger partial charge in [0.1, 0.15) is 5.75 Å². The molecule has 0 N–H and O–H groups in total. The van der Waals surface area contributed by atoms with Gasteiger partial charge in [0.05, 0.1) is 5.92 Å². The molecule has 0 unspecified atom stereocenters. The molecule has 1 aromatic carbocycles. The van der Waals surface area contributed by atoms with Crippen LogP contribution >= 0.6 is 0 Å². The van der Waals surface area contributed by atoms with Crippen LogP contribution in [-0.4, -0.2) is 15.9 Å². The minimum absolute atomic E-state index is 0.0456. The van der Waals surface area contributed by atoms with Gasteiger partial charge in [0.15, 0.2) is 5.82 Å². The Morgan fingerprint density at radius 1 is 0.737 bits per heavy atom. The summed E-state index contributed by atoms with van der Waals surface area (Å²) in [5.74, 6) is 3.63. The van der Waals surface area contributed by atoms with Crippen molar-refractivity contribution in [3.8, 4) is 17.1 Å². The standard InChI is InChI=1S/C34H50N2O2/c1-3-5-6-7-8-9-11-27-12-16-28(17-13-27)31-24-35-33(36-25-31)29-20-22-32(23-21-29)38-34(37)30-18-14-26(10-4-2)15-19-30/h20-28,30H,3-19H2,1-2H3/t26?,27-,28-,30?. The average molecular weight is 519 g/mol. The van der Waals surface area contributed by atoms with Crippen molar-refractivity contribution >= 4 is 5.97 Å². The third kappa shape index (κ3) is 8.64. The highest BCUT2D eigenvalue weighted by Crippen LogP contribution is 2.38. The van der Waals surface area contributed by atoms with E-state index in [0.717, 1.165) is 48.9 Å². The van der Waals surface area contributed by atoms with E-state index in [4.69, 9.17) is 14.7 Å². The third-order valence-corrected chi connectivity index (χ3v) is 9.16. The summed E-state index contributed by atoms with van der Waals surface area (Å²) in [5.41, 5.74) is 2.24. The monoisotopic (exact) mass is 518 g/mol. The summed E-state index contributed by atoms with van der Waals surface area (Å²) in [7, 11) is 0. The quantitative estimate of drug-likeness (QED) is 0.150. The molecule has 1 heterocycles. The molecule has 2 fully saturated rings. The number of benzene rings is 1. The summed E-state index contributed by atoms with van der Waals surface area (Å²) in [6.45, 7) is 4.53. The number of unbranched alkanes of at least 4 members (excludes halogenated alkanes) is 5. The van der Waals surface area contributed by atoms with Crippen LogP contribution < -0.4 is 4.74 Å². The van der Waals surface area contributed by atoms with E-state index in [9.17, 15) is 4.79 Å². The Morgan fingerprint density at radius 3 is 2.00 bits per heavy atom. The first-order valence-corrected chi connectivity index (χ1v) is 15.8. The lowest BCUT2D eigenvalue weighted by atomic mass is 9.77. The van der Waals surface area contributed by atoms with Gasteiger partial charge in [-0.25, -0.2) is 9.97 Å². The molecule has 2 aliphatic carbocycles. The van der Waals surface area contributed by atoms with Crippen LogP contribution in [-0.2, 0) is 4.79 Å². The fraction of sp³-hybridized carbons (Fsp3) is 0.676. The van der Waals surface area contributed by atoms with Crippen molar-refractivity contribution in [1.29, 1.82) is 0 Å². The molecule has 4 rings (SSSR count). The molecule has 0 spiro atoms. The predicted molar refractivity (Wildman–Crippen MR) is 156 cm³/mol. The van der Waals surface area contributed by atoms with Crippen LogP contribution in [0.1, 0.15) is 134 Å². The van der Waals surface area contributed by atoms with Crippen molar-refractivity contribution in [2.75, 3.05) is 0 Å². The smallest absolute Gasteiger partial charge is 0.314 e. The van der Waals surface area contributed by atoms with Crippen LogP contribution in [0.2, 0.25) is 0 Å². The Hall–Kier alpha value is -2.23. The summed E-state index contributed by atoms with van der Waals surface area (Å²) in [6.07, 6.45) is 25.8. The summed E-state index contributed by atoms with van der Waals surface area (Å²) >= 11 is 0. The van der Waals surface area contributed by atoms with Gasteiger partial charge in [0.25, 0.3) is 0 Å². The molecule has 4 heteroatoms. The van der Waals surface area contributed by atoms with Gasteiger partial charge in [0.2, 0.25) is 0 Å². The summed E-state index contributed by atoms with van der Waals surface area (Å²) in [4.78, 5) is 22.0. The first kappa shape index (κ1) is 28.8. The van der Waals surface area contributed by atoms with Crippen LogP contribution in [0, 0.1) is 17.8 Å². The third-order valence-electron chi connectivity index (χ3n) is 9.16. The van der Waals surface area contributed by atoms with Crippen LogP contribution in [0.25, 0.3) is 11.4 Å². The van der Waals surface area contributed by atoms with Gasteiger partial charge < -0.3 is 4.74 Å². The van der Waals surface area contributed by atoms with Gasteiger partial charge >= 0.3 is 5.97 Å². The van der Waals surface area contributed by atoms with Crippen molar-refractivity contribution in [3.05, 3.63) is 42.2 Å². The maximum Gasteiger partial charge on any atom is 0.314 e. The van der Waals surface area contributed by atoms with Gasteiger partial charge in [-0.2, -0.15) is 0 Å². The fourth-order valence-corrected chi connectivity index (χ4v) is 6.66. The van der Waals surface area contributed by atoms with E-state index in [-0.39, 0.29) is 11.9 Å². The number of ether oxygens (including phenoxy) is 1. The van der Waals surface area contributed by atoms with Crippen LogP contribution in [0.15, 0.2) is 36.7 Å². The van der Waals surface area contributed by atoms with Gasteiger partial charge in [-0.15, -0.1) is 0 Å². The molecule has 0 saturated heterocycles. The Labute approximate surface area is 231 Å². The maximum atomic E-state index is 12.6. The lowest BCUT2D eigenvalue weighted by Gasteiger charge is -2.28. The Balaban J connectivity index is 1.20. The number of hydrogen-bond acceptors (Lipinski definition) is 4. The summed E-state index contributed by atoms with van der Waals surface area (Å²) in [6, 6.07) is 7.67. The Morgan fingerprint density at radius 2 is 1.34 bits per heavy atom. The van der Waals surface area contributed by atoms with Gasteiger partial charge in [-0.1, -0.05) is 71.6 Å². The molecule has 38 heavy (non-hydrogen) atoms. The second-order valence-electron chi connectivity index (χ2n) is 12.1. The van der Waals surface area contributed by atoms with E-state index in [0.29, 0.717) is 11.7 Å². The van der Waals surface area contributed by atoms with Crippen molar-refractivity contribution in [3.63, 3.8) is 0 Å². The number of carbonyl (C=O) groups is 1. The second-order valence-corrected chi connectivity index (χ2v) is 12.1. The van der Waals surface area contributed by atoms with Crippen molar-refractivity contribution < 1.29 is 9.53 Å². The lowest BCUT2D eigenvalue weighted by molar-refractivity contribution is -0.140. The molecule has 2 aliphatic rings. The van der Waals surface area contributed by atoms with E-state index in [1.807, 2.05) is 36.7 Å². The summed E-state index contributed by atoms with van der Waals surface area (Å²) < 4.78 is 5.71. The number of rotatable bonds is 13. The number of esters is 1. The molecule has 0 amide bonds. The minimum Gasteiger partial charge on any atom is -0.426 e. The zero-order valence-electron chi connectivity index (χ0n) is 24.0. The normalized spacial score (nSPS) is 23.7. The second kappa shape index (κ2) is 15.4. The maximum absolute atomic E-state index is 12.6. The predicted octanol–water partition coefficient (Wildman–Crippen LogP) is 9.68. The molecule has 208 valence electrons. The SMILES string of the molecule is CCCCCCCC[C@H]1CC[C@H](c2cnc(-c3ccc(OC(=O)C4CCC(CCC)CC4)cc3)nc2)CC1. The molecule has 0 atom stereocenters. The number of carbonyl (C=O) groups excluding carboxylic acids is 1. The topological polar surface area (TPSA) is 52.1 Å². The Kier molecular flexibility index (Phi) is 11.6.